The number of aryl methyl sites for hydroxylation is 4. The van der Waals surface area contributed by atoms with E-state index < -0.39 is 0 Å². The Balaban J connectivity index is 1.15. The summed E-state index contributed by atoms with van der Waals surface area (Å²) < 4.78 is 7.21. The van der Waals surface area contributed by atoms with Gasteiger partial charge in [0, 0.05) is 86.7 Å². The van der Waals surface area contributed by atoms with Crippen LogP contribution in [-0.4, -0.2) is 102 Å². The Morgan fingerprint density at radius 2 is 1.90 bits per heavy atom. The van der Waals surface area contributed by atoms with Gasteiger partial charge in [0.05, 0.1) is 24.9 Å². The summed E-state index contributed by atoms with van der Waals surface area (Å²) in [6, 6.07) is 13.1. The molecule has 13 heteroatoms. The molecule has 3 aromatic rings. The molecule has 3 aliphatic rings. The zero-order valence-corrected chi connectivity index (χ0v) is 31.1. The SMILES string of the molecule is COC(=O)C[C@@H](CN1CC[C@@H](CCc2ccc3c(n2)NCCC3)C1)c1cc(N2CCN(C(=O)CCCCN=[N+]=[N-])CC2)cc(-n2nc(C)cc2C)c1. The van der Waals surface area contributed by atoms with Crippen LogP contribution >= 0.6 is 0 Å². The number of hydrogen-bond donors (Lipinski definition) is 1. The lowest BCUT2D eigenvalue weighted by Crippen LogP contribution is -2.48. The molecule has 1 aromatic carbocycles. The Hall–Kier alpha value is -4.61. The van der Waals surface area contributed by atoms with Crippen molar-refractivity contribution in [1.82, 2.24) is 24.6 Å². The largest absolute Gasteiger partial charge is 0.469 e. The first kappa shape index (κ1) is 37.2. The molecule has 0 bridgehead atoms. The van der Waals surface area contributed by atoms with Gasteiger partial charge in [0.15, 0.2) is 0 Å². The number of likely N-dealkylation sites (tertiary alicyclic amines) is 1. The van der Waals surface area contributed by atoms with Crippen molar-refractivity contribution in [1.29, 1.82) is 0 Å². The van der Waals surface area contributed by atoms with Crippen LogP contribution in [0.15, 0.2) is 41.5 Å². The Bertz CT molecular complexity index is 1740. The highest BCUT2D eigenvalue weighted by atomic mass is 16.5. The monoisotopic (exact) mass is 710 g/mol. The molecule has 0 radical (unpaired) electrons. The van der Waals surface area contributed by atoms with Gasteiger partial charge in [-0.05, 0) is 118 Å². The Labute approximate surface area is 307 Å². The molecule has 6 rings (SSSR count). The molecule has 13 nitrogen and oxygen atoms in total. The smallest absolute Gasteiger partial charge is 0.306 e. The van der Waals surface area contributed by atoms with Crippen LogP contribution in [0.2, 0.25) is 0 Å². The number of esters is 1. The third-order valence-corrected chi connectivity index (χ3v) is 10.9. The highest BCUT2D eigenvalue weighted by Crippen LogP contribution is 2.33. The Morgan fingerprint density at radius 3 is 2.67 bits per heavy atom. The first-order chi connectivity index (χ1) is 25.3. The van der Waals surface area contributed by atoms with Crippen molar-refractivity contribution < 1.29 is 14.3 Å². The van der Waals surface area contributed by atoms with Crippen molar-refractivity contribution in [3.8, 4) is 5.69 Å². The second-order valence-corrected chi connectivity index (χ2v) is 14.7. The summed E-state index contributed by atoms with van der Waals surface area (Å²) in [5.74, 6) is 1.54. The number of methoxy groups -OCH3 is 1. The van der Waals surface area contributed by atoms with Crippen molar-refractivity contribution in [2.24, 2.45) is 11.0 Å². The van der Waals surface area contributed by atoms with Crippen LogP contribution < -0.4 is 10.2 Å². The molecule has 3 aliphatic heterocycles. The number of hydrogen-bond acceptors (Lipinski definition) is 9. The van der Waals surface area contributed by atoms with Crippen molar-refractivity contribution >= 4 is 23.4 Å². The summed E-state index contributed by atoms with van der Waals surface area (Å²) in [6.07, 6.45) is 7.69. The molecule has 2 atom stereocenters. The summed E-state index contributed by atoms with van der Waals surface area (Å²) in [5, 5.41) is 11.9. The Morgan fingerprint density at radius 1 is 1.08 bits per heavy atom. The van der Waals surface area contributed by atoms with Crippen LogP contribution in [0, 0.1) is 19.8 Å². The summed E-state index contributed by atoms with van der Waals surface area (Å²) in [5.41, 5.74) is 16.1. The first-order valence-electron chi connectivity index (χ1n) is 19.0. The molecule has 2 saturated heterocycles. The normalized spacial score (nSPS) is 18.0. The number of aromatic nitrogens is 3. The molecule has 0 spiro atoms. The van der Waals surface area contributed by atoms with Gasteiger partial charge in [0.2, 0.25) is 5.91 Å². The zero-order valence-electron chi connectivity index (χ0n) is 31.1. The van der Waals surface area contributed by atoms with E-state index in [1.54, 1.807) is 0 Å². The van der Waals surface area contributed by atoms with Crippen molar-refractivity contribution in [3.05, 3.63) is 75.0 Å². The third kappa shape index (κ3) is 9.63. The minimum Gasteiger partial charge on any atom is -0.469 e. The van der Waals surface area contributed by atoms with E-state index in [1.165, 1.54) is 19.1 Å². The predicted molar refractivity (Wildman–Crippen MR) is 203 cm³/mol. The summed E-state index contributed by atoms with van der Waals surface area (Å²) >= 11 is 0. The molecular formula is C39H54N10O3. The number of anilines is 2. The average molecular weight is 711 g/mol. The molecule has 0 unspecified atom stereocenters. The van der Waals surface area contributed by atoms with Gasteiger partial charge in [-0.3, -0.25) is 9.59 Å². The van der Waals surface area contributed by atoms with Crippen molar-refractivity contribution in [2.75, 3.05) is 76.2 Å². The maximum absolute atomic E-state index is 12.9. The number of benzene rings is 1. The highest BCUT2D eigenvalue weighted by molar-refractivity contribution is 5.76. The van der Waals surface area contributed by atoms with Crippen LogP contribution in [0.5, 0.6) is 0 Å². The van der Waals surface area contributed by atoms with Gasteiger partial charge in [0.25, 0.3) is 0 Å². The molecular weight excluding hydrogens is 656 g/mol. The number of amides is 1. The number of azide groups is 1. The van der Waals surface area contributed by atoms with Gasteiger partial charge in [-0.2, -0.15) is 5.10 Å². The molecule has 2 fully saturated rings. The number of fused-ring (bicyclic) bond motifs is 1. The van der Waals surface area contributed by atoms with E-state index >= 15 is 0 Å². The molecule has 0 saturated carbocycles. The molecule has 5 heterocycles. The molecule has 1 N–H and O–H groups in total. The fourth-order valence-electron chi connectivity index (χ4n) is 7.98. The van der Waals surface area contributed by atoms with Crippen LogP contribution in [0.3, 0.4) is 0 Å². The fourth-order valence-corrected chi connectivity index (χ4v) is 7.98. The summed E-state index contributed by atoms with van der Waals surface area (Å²) in [6.45, 7) is 11.0. The lowest BCUT2D eigenvalue weighted by molar-refractivity contribution is -0.141. The van der Waals surface area contributed by atoms with Gasteiger partial charge in [-0.15, -0.1) is 0 Å². The zero-order chi connectivity index (χ0) is 36.5. The number of nitrogens with zero attached hydrogens (tertiary/aromatic N) is 9. The van der Waals surface area contributed by atoms with Crippen molar-refractivity contribution in [2.45, 2.75) is 77.6 Å². The minimum atomic E-state index is -0.211. The number of piperazine rings is 1. The van der Waals surface area contributed by atoms with Gasteiger partial charge >= 0.3 is 5.97 Å². The fraction of sp³-hybridized carbons (Fsp3) is 0.590. The van der Waals surface area contributed by atoms with Crippen LogP contribution in [0.4, 0.5) is 11.5 Å². The number of carbonyl (C=O) groups excluding carboxylic acids is 2. The van der Waals surface area contributed by atoms with E-state index in [4.69, 9.17) is 20.4 Å². The first-order valence-corrected chi connectivity index (χ1v) is 19.0. The van der Waals surface area contributed by atoms with E-state index in [9.17, 15) is 9.59 Å². The predicted octanol–water partition coefficient (Wildman–Crippen LogP) is 5.97. The van der Waals surface area contributed by atoms with Crippen molar-refractivity contribution in [3.63, 3.8) is 0 Å². The number of unbranched alkanes of at least 4 members (excludes halogenated alkanes) is 1. The van der Waals surface area contributed by atoms with Gasteiger partial charge < -0.3 is 24.8 Å². The Kier molecular flexibility index (Phi) is 12.7. The summed E-state index contributed by atoms with van der Waals surface area (Å²) in [4.78, 5) is 40.3. The minimum absolute atomic E-state index is 0.0523. The topological polar surface area (TPSA) is 145 Å². The standard InChI is InChI=1S/C39H54N10O3/c1-28-21-29(2)49(44-28)36-23-32(22-35(25-36)47-17-19-48(20-18-47)37(50)8-4-5-15-42-45-40)33(24-38(51)52-3)27-46-16-13-30(26-46)9-11-34-12-10-31-7-6-14-41-39(31)43-34/h10,12,21-23,25,30,33H,4-9,11,13-20,24,26-27H2,1-3H3,(H,41,43)/t30-,33+/m1/s1. The second kappa shape index (κ2) is 17.7. The molecule has 1 amide bonds. The average Bonchev–Trinajstić information content (AvgIpc) is 3.77. The highest BCUT2D eigenvalue weighted by Gasteiger charge is 2.29. The van der Waals surface area contributed by atoms with Gasteiger partial charge in [-0.25, -0.2) is 9.67 Å². The summed E-state index contributed by atoms with van der Waals surface area (Å²) in [7, 11) is 1.47. The quantitative estimate of drug-likeness (QED) is 0.0668. The van der Waals surface area contributed by atoms with Gasteiger partial charge in [-0.1, -0.05) is 11.2 Å². The second-order valence-electron chi connectivity index (χ2n) is 14.7. The maximum Gasteiger partial charge on any atom is 0.306 e. The van der Waals surface area contributed by atoms with E-state index in [-0.39, 0.29) is 17.8 Å². The number of rotatable bonds is 15. The maximum atomic E-state index is 12.9. The molecule has 2 aromatic heterocycles. The van der Waals surface area contributed by atoms with Crippen LogP contribution in [0.25, 0.3) is 16.1 Å². The molecule has 278 valence electrons. The number of nitrogens with one attached hydrogen (secondary N) is 1. The molecule has 52 heavy (non-hydrogen) atoms. The van der Waals surface area contributed by atoms with E-state index in [0.717, 1.165) is 111 Å². The number of carbonyl (C=O) groups is 2. The van der Waals surface area contributed by atoms with E-state index in [0.29, 0.717) is 44.8 Å². The third-order valence-electron chi connectivity index (χ3n) is 10.9. The number of pyridine rings is 1. The van der Waals surface area contributed by atoms with Crippen LogP contribution in [0.1, 0.15) is 79.1 Å². The lowest BCUT2D eigenvalue weighted by Gasteiger charge is -2.37. The van der Waals surface area contributed by atoms with Gasteiger partial charge in [0.1, 0.15) is 5.82 Å². The van der Waals surface area contributed by atoms with E-state index in [1.807, 2.05) is 16.5 Å². The number of ether oxygens (including phenoxy) is 1. The van der Waals surface area contributed by atoms with Crippen LogP contribution in [-0.2, 0) is 27.2 Å². The lowest BCUT2D eigenvalue weighted by atomic mass is 9.93. The molecule has 0 aliphatic carbocycles. The van der Waals surface area contributed by atoms with E-state index in [2.05, 4.69) is 68.5 Å².